The first kappa shape index (κ1) is 16.3. The van der Waals surface area contributed by atoms with Crippen LogP contribution in [-0.4, -0.2) is 18.0 Å². The lowest BCUT2D eigenvalue weighted by molar-refractivity contribution is 0.102. The molecular weight excluding hydrogens is 372 g/mol. The Labute approximate surface area is 146 Å². The summed E-state index contributed by atoms with van der Waals surface area (Å²) in [5.74, 6) is 0.414. The van der Waals surface area contributed by atoms with Crippen LogP contribution in [0.3, 0.4) is 0 Å². The molecule has 0 aliphatic heterocycles. The average Bonchev–Trinajstić information content (AvgIpc) is 2.56. The Balaban J connectivity index is 1.89. The van der Waals surface area contributed by atoms with E-state index in [0.29, 0.717) is 32.6 Å². The summed E-state index contributed by atoms with van der Waals surface area (Å²) in [7, 11) is 1.57. The highest BCUT2D eigenvalue weighted by Gasteiger charge is 2.10. The quantitative estimate of drug-likeness (QED) is 0.717. The second-order valence-corrected chi connectivity index (χ2v) is 6.24. The van der Waals surface area contributed by atoms with Crippen molar-refractivity contribution in [1.82, 2.24) is 4.98 Å². The summed E-state index contributed by atoms with van der Waals surface area (Å²) < 4.78 is 5.86. The number of nitrogens with one attached hydrogen (secondary N) is 2. The number of pyridine rings is 1. The highest BCUT2D eigenvalue weighted by Crippen LogP contribution is 2.26. The minimum absolute atomic E-state index is 0.134. The SMILES string of the molecule is COc1ccc(C(=O)Nc2ccc3cc(C)c(=O)[nH]c3c2)cc1Br. The highest BCUT2D eigenvalue weighted by molar-refractivity contribution is 9.10. The normalized spacial score (nSPS) is 10.6. The van der Waals surface area contributed by atoms with E-state index in [1.807, 2.05) is 12.1 Å². The number of aromatic amines is 1. The van der Waals surface area contributed by atoms with E-state index in [1.165, 1.54) is 0 Å². The Morgan fingerprint density at radius 3 is 2.67 bits per heavy atom. The number of aryl methyl sites for hydroxylation is 1. The van der Waals surface area contributed by atoms with Crippen LogP contribution in [0.1, 0.15) is 15.9 Å². The zero-order chi connectivity index (χ0) is 17.3. The van der Waals surface area contributed by atoms with Crippen LogP contribution in [0.25, 0.3) is 10.9 Å². The van der Waals surface area contributed by atoms with Crippen molar-refractivity contribution in [3.63, 3.8) is 0 Å². The topological polar surface area (TPSA) is 71.2 Å². The molecule has 3 aromatic rings. The zero-order valence-corrected chi connectivity index (χ0v) is 14.7. The molecule has 24 heavy (non-hydrogen) atoms. The first-order valence-corrected chi connectivity index (χ1v) is 8.06. The van der Waals surface area contributed by atoms with Gasteiger partial charge in [-0.15, -0.1) is 0 Å². The van der Waals surface area contributed by atoms with Crippen LogP contribution in [0.15, 0.2) is 51.7 Å². The molecule has 0 bridgehead atoms. The van der Waals surface area contributed by atoms with E-state index in [-0.39, 0.29) is 11.5 Å². The molecule has 5 nitrogen and oxygen atoms in total. The lowest BCUT2D eigenvalue weighted by Gasteiger charge is -2.09. The van der Waals surface area contributed by atoms with E-state index in [2.05, 4.69) is 26.2 Å². The summed E-state index contributed by atoms with van der Waals surface area (Å²) >= 11 is 3.36. The van der Waals surface area contributed by atoms with Gasteiger partial charge >= 0.3 is 0 Å². The third-order valence-electron chi connectivity index (χ3n) is 3.70. The molecule has 0 saturated carbocycles. The molecule has 1 aromatic heterocycles. The molecule has 0 aliphatic carbocycles. The second-order valence-electron chi connectivity index (χ2n) is 5.39. The van der Waals surface area contributed by atoms with E-state index >= 15 is 0 Å². The molecule has 0 atom stereocenters. The van der Waals surface area contributed by atoms with Crippen LogP contribution in [0.4, 0.5) is 5.69 Å². The number of hydrogen-bond acceptors (Lipinski definition) is 3. The molecular formula is C18H15BrN2O3. The standard InChI is InChI=1S/C18H15BrN2O3/c1-10-7-11-3-5-13(9-15(11)21-17(10)22)20-18(23)12-4-6-16(24-2)14(19)8-12/h3-9H,1-2H3,(H,20,23)(H,21,22). The largest absolute Gasteiger partial charge is 0.496 e. The Morgan fingerprint density at radius 2 is 1.96 bits per heavy atom. The molecule has 0 fully saturated rings. The fourth-order valence-electron chi connectivity index (χ4n) is 2.40. The second kappa shape index (κ2) is 6.49. The number of methoxy groups -OCH3 is 1. The lowest BCUT2D eigenvalue weighted by Crippen LogP contribution is -2.12. The van der Waals surface area contributed by atoms with E-state index in [9.17, 15) is 9.59 Å². The van der Waals surface area contributed by atoms with Gasteiger partial charge in [-0.1, -0.05) is 6.07 Å². The van der Waals surface area contributed by atoms with E-state index in [0.717, 1.165) is 5.39 Å². The van der Waals surface area contributed by atoms with Crippen molar-refractivity contribution < 1.29 is 9.53 Å². The van der Waals surface area contributed by atoms with Gasteiger partial charge in [-0.3, -0.25) is 9.59 Å². The number of amides is 1. The molecule has 2 N–H and O–H groups in total. The lowest BCUT2D eigenvalue weighted by atomic mass is 10.1. The number of benzene rings is 2. The van der Waals surface area contributed by atoms with Crippen molar-refractivity contribution in [3.05, 3.63) is 68.4 Å². The minimum Gasteiger partial charge on any atom is -0.496 e. The molecule has 0 aliphatic rings. The van der Waals surface area contributed by atoms with Gasteiger partial charge in [0.25, 0.3) is 11.5 Å². The van der Waals surface area contributed by atoms with Crippen LogP contribution in [0.2, 0.25) is 0 Å². The van der Waals surface area contributed by atoms with Crippen molar-refractivity contribution in [2.24, 2.45) is 0 Å². The molecule has 0 saturated heterocycles. The van der Waals surface area contributed by atoms with Gasteiger partial charge in [0.05, 0.1) is 17.1 Å². The van der Waals surface area contributed by atoms with Crippen LogP contribution in [0, 0.1) is 6.92 Å². The molecule has 122 valence electrons. The number of halogens is 1. The van der Waals surface area contributed by atoms with E-state index < -0.39 is 0 Å². The Kier molecular flexibility index (Phi) is 4.40. The van der Waals surface area contributed by atoms with Gasteiger partial charge in [-0.25, -0.2) is 0 Å². The van der Waals surface area contributed by atoms with Crippen LogP contribution < -0.4 is 15.6 Å². The fraction of sp³-hybridized carbons (Fsp3) is 0.111. The fourth-order valence-corrected chi connectivity index (χ4v) is 2.94. The highest BCUT2D eigenvalue weighted by atomic mass is 79.9. The van der Waals surface area contributed by atoms with Crippen molar-refractivity contribution in [3.8, 4) is 5.75 Å². The predicted molar refractivity (Wildman–Crippen MR) is 98.0 cm³/mol. The molecule has 0 radical (unpaired) electrons. The predicted octanol–water partition coefficient (Wildman–Crippen LogP) is 3.86. The third-order valence-corrected chi connectivity index (χ3v) is 4.32. The molecule has 0 spiro atoms. The summed E-state index contributed by atoms with van der Waals surface area (Å²) in [5, 5.41) is 3.74. The molecule has 0 unspecified atom stereocenters. The number of ether oxygens (including phenoxy) is 1. The van der Waals surface area contributed by atoms with Crippen LogP contribution in [-0.2, 0) is 0 Å². The van der Waals surface area contributed by atoms with Gasteiger partial charge in [-0.2, -0.15) is 0 Å². The Hall–Kier alpha value is -2.60. The van der Waals surface area contributed by atoms with Crippen molar-refractivity contribution >= 4 is 38.4 Å². The summed E-state index contributed by atoms with van der Waals surface area (Å²) in [6, 6.07) is 12.3. The number of hydrogen-bond donors (Lipinski definition) is 2. The van der Waals surface area contributed by atoms with Crippen LogP contribution in [0.5, 0.6) is 5.75 Å². The van der Waals surface area contributed by atoms with Gasteiger partial charge in [-0.05, 0) is 64.6 Å². The number of fused-ring (bicyclic) bond motifs is 1. The first-order chi connectivity index (χ1) is 11.5. The number of aromatic nitrogens is 1. The summed E-state index contributed by atoms with van der Waals surface area (Å²) in [5.41, 5.74) is 2.31. The zero-order valence-electron chi connectivity index (χ0n) is 13.1. The summed E-state index contributed by atoms with van der Waals surface area (Å²) in [6.45, 7) is 1.76. The van der Waals surface area contributed by atoms with Gasteiger partial charge in [0.2, 0.25) is 0 Å². The van der Waals surface area contributed by atoms with Crippen molar-refractivity contribution in [2.45, 2.75) is 6.92 Å². The van der Waals surface area contributed by atoms with Crippen molar-refractivity contribution in [2.75, 3.05) is 12.4 Å². The first-order valence-electron chi connectivity index (χ1n) is 7.26. The maximum Gasteiger partial charge on any atom is 0.255 e. The summed E-state index contributed by atoms with van der Waals surface area (Å²) in [4.78, 5) is 26.9. The number of carbonyl (C=O) groups is 1. The molecule has 1 amide bonds. The van der Waals surface area contributed by atoms with Crippen LogP contribution >= 0.6 is 15.9 Å². The molecule has 6 heteroatoms. The number of H-pyrrole nitrogens is 1. The van der Waals surface area contributed by atoms with Gasteiger partial charge in [0.1, 0.15) is 5.75 Å². The number of anilines is 1. The average molecular weight is 387 g/mol. The smallest absolute Gasteiger partial charge is 0.255 e. The summed E-state index contributed by atoms with van der Waals surface area (Å²) in [6.07, 6.45) is 0. The number of carbonyl (C=O) groups excluding carboxylic acids is 1. The van der Waals surface area contributed by atoms with E-state index in [4.69, 9.17) is 4.74 Å². The molecule has 1 heterocycles. The van der Waals surface area contributed by atoms with Gasteiger partial charge < -0.3 is 15.0 Å². The maximum absolute atomic E-state index is 12.4. The number of rotatable bonds is 3. The van der Waals surface area contributed by atoms with Crippen molar-refractivity contribution in [1.29, 1.82) is 0 Å². The van der Waals surface area contributed by atoms with E-state index in [1.54, 1.807) is 44.4 Å². The molecule has 3 rings (SSSR count). The third kappa shape index (κ3) is 3.19. The van der Waals surface area contributed by atoms with Gasteiger partial charge in [0.15, 0.2) is 0 Å². The Bertz CT molecular complexity index is 995. The minimum atomic E-state index is -0.243. The Morgan fingerprint density at radius 1 is 1.17 bits per heavy atom. The van der Waals surface area contributed by atoms with Gasteiger partial charge in [0, 0.05) is 16.8 Å². The molecule has 2 aromatic carbocycles. The maximum atomic E-state index is 12.4. The monoisotopic (exact) mass is 386 g/mol.